The van der Waals surface area contributed by atoms with Crippen LogP contribution in [0.3, 0.4) is 0 Å². The molecule has 10 heteroatoms. The molecule has 1 N–H and O–H groups in total. The second-order valence-corrected chi connectivity index (χ2v) is 4.85. The zero-order valence-electron chi connectivity index (χ0n) is 12.5. The number of benzene rings is 1. The van der Waals surface area contributed by atoms with Gasteiger partial charge in [-0.05, 0) is 30.7 Å². The van der Waals surface area contributed by atoms with E-state index in [0.717, 1.165) is 7.05 Å². The summed E-state index contributed by atoms with van der Waals surface area (Å²) in [6, 6.07) is 4.40. The van der Waals surface area contributed by atoms with Crippen LogP contribution in [0.5, 0.6) is 5.75 Å². The average Bonchev–Trinajstić information content (AvgIpc) is 2.83. The number of aromatic nitrogens is 2. The van der Waals surface area contributed by atoms with E-state index in [0.29, 0.717) is 16.3 Å². The third kappa shape index (κ3) is 4.00. The van der Waals surface area contributed by atoms with E-state index in [1.54, 1.807) is 0 Å². The molecule has 0 unspecified atom stereocenters. The number of hydrogen-bond donors (Lipinski definition) is 1. The molecule has 1 amide bonds. The fraction of sp³-hybridized carbons (Fsp3) is 0.286. The van der Waals surface area contributed by atoms with E-state index in [4.69, 9.17) is 0 Å². The number of alkyl halides is 5. The molecule has 0 atom stereocenters. The van der Waals surface area contributed by atoms with Crippen molar-refractivity contribution in [1.82, 2.24) is 9.78 Å². The summed E-state index contributed by atoms with van der Waals surface area (Å²) in [4.78, 5) is 12.0. The van der Waals surface area contributed by atoms with Gasteiger partial charge in [0, 0.05) is 18.8 Å². The molecule has 130 valence electrons. The summed E-state index contributed by atoms with van der Waals surface area (Å²) in [5, 5.41) is 5.89. The van der Waals surface area contributed by atoms with E-state index in [-0.39, 0.29) is 11.4 Å². The molecule has 0 spiro atoms. The number of amides is 1. The van der Waals surface area contributed by atoms with E-state index < -0.39 is 30.1 Å². The van der Waals surface area contributed by atoms with Crippen LogP contribution in [0.4, 0.5) is 27.6 Å². The number of anilines is 1. The number of nitrogens with zero attached hydrogens (tertiary/aromatic N) is 2. The van der Waals surface area contributed by atoms with Crippen molar-refractivity contribution in [2.75, 3.05) is 5.32 Å². The maximum absolute atomic E-state index is 12.7. The Bertz CT molecular complexity index is 755. The molecule has 1 aromatic carbocycles. The SMILES string of the molecule is Cc1cc(OC(F)F)ccc1NC(=O)c1cc(C(F)(F)F)n(C)n1. The number of aryl methyl sites for hydroxylation is 2. The lowest BCUT2D eigenvalue weighted by molar-refractivity contribution is -0.143. The van der Waals surface area contributed by atoms with Crippen molar-refractivity contribution >= 4 is 11.6 Å². The van der Waals surface area contributed by atoms with E-state index in [1.165, 1.54) is 25.1 Å². The molecule has 0 aliphatic carbocycles. The minimum atomic E-state index is -4.63. The van der Waals surface area contributed by atoms with Gasteiger partial charge in [-0.15, -0.1) is 0 Å². The first-order chi connectivity index (χ1) is 11.1. The predicted octanol–water partition coefficient (Wildman–Crippen LogP) is 3.60. The molecule has 0 fully saturated rings. The molecular weight excluding hydrogens is 337 g/mol. The second-order valence-electron chi connectivity index (χ2n) is 4.85. The van der Waals surface area contributed by atoms with Gasteiger partial charge in [-0.2, -0.15) is 27.1 Å². The topological polar surface area (TPSA) is 56.1 Å². The molecule has 0 aliphatic rings. The zero-order valence-corrected chi connectivity index (χ0v) is 12.5. The summed E-state index contributed by atoms with van der Waals surface area (Å²) in [7, 11) is 1.07. The second kappa shape index (κ2) is 6.46. The number of hydrogen-bond acceptors (Lipinski definition) is 3. The Morgan fingerprint density at radius 1 is 1.29 bits per heavy atom. The largest absolute Gasteiger partial charge is 0.435 e. The highest BCUT2D eigenvalue weighted by Gasteiger charge is 2.35. The highest BCUT2D eigenvalue weighted by atomic mass is 19.4. The maximum atomic E-state index is 12.7. The maximum Gasteiger partial charge on any atom is 0.433 e. The van der Waals surface area contributed by atoms with Gasteiger partial charge < -0.3 is 10.1 Å². The smallest absolute Gasteiger partial charge is 0.433 e. The Morgan fingerprint density at radius 3 is 2.46 bits per heavy atom. The first-order valence-corrected chi connectivity index (χ1v) is 6.56. The Hall–Kier alpha value is -2.65. The van der Waals surface area contributed by atoms with E-state index in [2.05, 4.69) is 15.2 Å². The fourth-order valence-corrected chi connectivity index (χ4v) is 1.98. The number of carbonyl (C=O) groups excluding carboxylic acids is 1. The normalized spacial score (nSPS) is 11.7. The Kier molecular flexibility index (Phi) is 4.76. The molecule has 0 bridgehead atoms. The molecule has 1 aromatic heterocycles. The zero-order chi connectivity index (χ0) is 18.1. The van der Waals surface area contributed by atoms with Gasteiger partial charge in [0.05, 0.1) is 0 Å². The van der Waals surface area contributed by atoms with Crippen LogP contribution in [0.15, 0.2) is 24.3 Å². The van der Waals surface area contributed by atoms with Crippen LogP contribution in [0.2, 0.25) is 0 Å². The van der Waals surface area contributed by atoms with Crippen molar-refractivity contribution < 1.29 is 31.5 Å². The molecule has 2 aromatic rings. The average molecular weight is 349 g/mol. The summed E-state index contributed by atoms with van der Waals surface area (Å²) in [5.74, 6) is -0.954. The lowest BCUT2D eigenvalue weighted by Gasteiger charge is -2.10. The van der Waals surface area contributed by atoms with Crippen LogP contribution in [-0.4, -0.2) is 22.3 Å². The third-order valence-corrected chi connectivity index (χ3v) is 3.07. The van der Waals surface area contributed by atoms with Crippen LogP contribution in [-0.2, 0) is 13.2 Å². The molecule has 0 saturated heterocycles. The molecule has 0 radical (unpaired) electrons. The van der Waals surface area contributed by atoms with Crippen LogP contribution in [0, 0.1) is 6.92 Å². The van der Waals surface area contributed by atoms with E-state index in [9.17, 15) is 26.7 Å². The highest BCUT2D eigenvalue weighted by Crippen LogP contribution is 2.29. The van der Waals surface area contributed by atoms with Crippen molar-refractivity contribution in [2.24, 2.45) is 7.05 Å². The van der Waals surface area contributed by atoms with Gasteiger partial charge in [0.25, 0.3) is 5.91 Å². The van der Waals surface area contributed by atoms with Gasteiger partial charge >= 0.3 is 12.8 Å². The minimum Gasteiger partial charge on any atom is -0.435 e. The number of rotatable bonds is 4. The van der Waals surface area contributed by atoms with Gasteiger partial charge in [0.2, 0.25) is 0 Å². The number of halogens is 5. The van der Waals surface area contributed by atoms with Crippen molar-refractivity contribution in [3.63, 3.8) is 0 Å². The first-order valence-electron chi connectivity index (χ1n) is 6.56. The van der Waals surface area contributed by atoms with Crippen molar-refractivity contribution in [3.05, 3.63) is 41.2 Å². The Morgan fingerprint density at radius 2 is 1.96 bits per heavy atom. The summed E-state index contributed by atoms with van der Waals surface area (Å²) in [6.07, 6.45) is -4.63. The van der Waals surface area contributed by atoms with Gasteiger partial charge in [0.15, 0.2) is 5.69 Å². The third-order valence-electron chi connectivity index (χ3n) is 3.07. The standard InChI is InChI=1S/C14H12F5N3O2/c1-7-5-8(24-13(15)16)3-4-9(7)20-12(23)10-6-11(14(17,18)19)22(2)21-10/h3-6,13H,1-2H3,(H,20,23). The molecule has 1 heterocycles. The van der Waals surface area contributed by atoms with Crippen LogP contribution >= 0.6 is 0 Å². The number of nitrogens with one attached hydrogen (secondary N) is 1. The molecule has 2 rings (SSSR count). The summed E-state index contributed by atoms with van der Waals surface area (Å²) >= 11 is 0. The lowest BCUT2D eigenvalue weighted by Crippen LogP contribution is -2.14. The van der Waals surface area contributed by atoms with Crippen LogP contribution in [0.25, 0.3) is 0 Å². The number of ether oxygens (including phenoxy) is 1. The predicted molar refractivity (Wildman–Crippen MR) is 74.0 cm³/mol. The quantitative estimate of drug-likeness (QED) is 0.858. The van der Waals surface area contributed by atoms with Crippen LogP contribution < -0.4 is 10.1 Å². The van der Waals surface area contributed by atoms with Gasteiger partial charge in [0.1, 0.15) is 11.4 Å². The van der Waals surface area contributed by atoms with Gasteiger partial charge in [-0.25, -0.2) is 0 Å². The van der Waals surface area contributed by atoms with Crippen molar-refractivity contribution in [3.8, 4) is 5.75 Å². The number of carbonyl (C=O) groups is 1. The van der Waals surface area contributed by atoms with E-state index in [1.807, 2.05) is 0 Å². The van der Waals surface area contributed by atoms with Gasteiger partial charge in [-0.3, -0.25) is 9.48 Å². The molecule has 5 nitrogen and oxygen atoms in total. The Balaban J connectivity index is 2.18. The lowest BCUT2D eigenvalue weighted by atomic mass is 10.2. The van der Waals surface area contributed by atoms with Crippen molar-refractivity contribution in [1.29, 1.82) is 0 Å². The van der Waals surface area contributed by atoms with E-state index >= 15 is 0 Å². The van der Waals surface area contributed by atoms with Crippen LogP contribution in [0.1, 0.15) is 21.7 Å². The molecule has 0 aliphatic heterocycles. The highest BCUT2D eigenvalue weighted by molar-refractivity contribution is 6.03. The summed E-state index contributed by atoms with van der Waals surface area (Å²) in [6.45, 7) is -1.47. The van der Waals surface area contributed by atoms with Crippen molar-refractivity contribution in [2.45, 2.75) is 19.7 Å². The molecule has 0 saturated carbocycles. The molecule has 24 heavy (non-hydrogen) atoms. The van der Waals surface area contributed by atoms with Gasteiger partial charge in [-0.1, -0.05) is 0 Å². The summed E-state index contributed by atoms with van der Waals surface area (Å²) < 4.78 is 67.1. The Labute approximate surface area is 133 Å². The monoisotopic (exact) mass is 349 g/mol. The first kappa shape index (κ1) is 17.7. The molecular formula is C14H12F5N3O2. The fourth-order valence-electron chi connectivity index (χ4n) is 1.98. The summed E-state index contributed by atoms with van der Waals surface area (Å²) in [5.41, 5.74) is -0.850. The minimum absolute atomic E-state index is 0.0994.